The van der Waals surface area contributed by atoms with Gasteiger partial charge in [0.1, 0.15) is 11.5 Å². The lowest BCUT2D eigenvalue weighted by Crippen LogP contribution is -2.36. The number of nitrogens with zero attached hydrogens (tertiary/aromatic N) is 3. The molecule has 1 atom stereocenters. The average Bonchev–Trinajstić information content (AvgIpc) is 3.39. The van der Waals surface area contributed by atoms with Crippen molar-refractivity contribution in [2.75, 3.05) is 49.6 Å². The van der Waals surface area contributed by atoms with Gasteiger partial charge in [0.25, 0.3) is 0 Å². The van der Waals surface area contributed by atoms with Crippen LogP contribution >= 0.6 is 0 Å². The van der Waals surface area contributed by atoms with Crippen LogP contribution in [0.25, 0.3) is 11.1 Å². The molecule has 1 unspecified atom stereocenters. The minimum atomic E-state index is -4.00. The Morgan fingerprint density at radius 2 is 1.78 bits per heavy atom. The van der Waals surface area contributed by atoms with Crippen molar-refractivity contribution in [2.45, 2.75) is 45.8 Å². The average molecular weight is 518 g/mol. The molecule has 3 N–H and O–H groups in total. The zero-order valence-electron chi connectivity index (χ0n) is 21.5. The third-order valence-corrected chi connectivity index (χ3v) is 5.77. The first kappa shape index (κ1) is 28.3. The van der Waals surface area contributed by atoms with Gasteiger partial charge >= 0.3 is 12.2 Å². The highest BCUT2D eigenvalue weighted by atomic mass is 19.4. The Kier molecular flexibility index (Phi) is 9.78. The number of anilines is 2. The Morgan fingerprint density at radius 1 is 1.14 bits per heavy atom. The fourth-order valence-electron chi connectivity index (χ4n) is 4.01. The number of aromatic nitrogens is 1. The number of amides is 2. The van der Waals surface area contributed by atoms with Crippen molar-refractivity contribution in [3.05, 3.63) is 41.6 Å². The second-order valence-corrected chi connectivity index (χ2v) is 9.19. The van der Waals surface area contributed by atoms with Crippen LogP contribution in [-0.4, -0.2) is 67.5 Å². The molecule has 0 aliphatic carbocycles. The maximum atomic E-state index is 12.6. The number of benzene rings is 1. The first-order valence-corrected chi connectivity index (χ1v) is 12.3. The van der Waals surface area contributed by atoms with E-state index in [1.165, 1.54) is 0 Å². The quantitative estimate of drug-likeness (QED) is 0.572. The third-order valence-electron chi connectivity index (χ3n) is 5.77. The molecule has 2 aliphatic rings. The van der Waals surface area contributed by atoms with Crippen molar-refractivity contribution in [1.29, 1.82) is 0 Å². The summed E-state index contributed by atoms with van der Waals surface area (Å²) in [6.07, 6.45) is -1.86. The van der Waals surface area contributed by atoms with E-state index in [0.717, 1.165) is 67.2 Å². The number of nitrogens with two attached hydrogens (primary N) is 1. The molecule has 10 heteroatoms. The number of urea groups is 1. The van der Waals surface area contributed by atoms with Crippen LogP contribution in [0.3, 0.4) is 0 Å². The molecule has 200 valence electrons. The number of nitrogens with one attached hydrogen (secondary N) is 1. The number of pyridine rings is 1. The Morgan fingerprint density at radius 3 is 2.41 bits per heavy atom. The Balaban J connectivity index is 0.000000695. The summed E-state index contributed by atoms with van der Waals surface area (Å²) in [6, 6.07) is 9.85. The molecule has 37 heavy (non-hydrogen) atoms. The number of alkyl halides is 3. The van der Waals surface area contributed by atoms with Crippen LogP contribution in [0.4, 0.5) is 29.5 Å². The molecule has 2 fully saturated rings. The number of aryl methyl sites for hydroxylation is 1. The smallest absolute Gasteiger partial charge is 0.378 e. The molecule has 2 aliphatic heterocycles. The van der Waals surface area contributed by atoms with Gasteiger partial charge in [-0.05, 0) is 73.6 Å². The fraction of sp³-hybridized carbons (Fsp3) is 0.481. The number of ether oxygens (including phenoxy) is 1. The molecule has 4 rings (SSSR count). The zero-order chi connectivity index (χ0) is 27.0. The van der Waals surface area contributed by atoms with Crippen LogP contribution in [0, 0.1) is 18.8 Å². The third kappa shape index (κ3) is 9.26. The molecule has 3 heterocycles. The topological polar surface area (TPSA) is 83.7 Å². The second kappa shape index (κ2) is 12.8. The van der Waals surface area contributed by atoms with Crippen LogP contribution in [0.1, 0.15) is 37.9 Å². The second-order valence-electron chi connectivity index (χ2n) is 9.19. The van der Waals surface area contributed by atoms with Gasteiger partial charge in [0.15, 0.2) is 0 Å². The van der Waals surface area contributed by atoms with E-state index in [1.807, 2.05) is 36.1 Å². The number of halogens is 3. The van der Waals surface area contributed by atoms with Crippen LogP contribution in [0.15, 0.2) is 30.3 Å². The Bertz CT molecular complexity index is 1120. The summed E-state index contributed by atoms with van der Waals surface area (Å²) in [5.74, 6) is 7.01. The van der Waals surface area contributed by atoms with E-state index in [1.54, 1.807) is 0 Å². The maximum absolute atomic E-state index is 12.6. The van der Waals surface area contributed by atoms with Gasteiger partial charge in [-0.2, -0.15) is 13.2 Å². The summed E-state index contributed by atoms with van der Waals surface area (Å²) in [6.45, 7) is 8.71. The molecule has 7 nitrogen and oxygen atoms in total. The molecule has 2 amide bonds. The lowest BCUT2D eigenvalue weighted by molar-refractivity contribution is -0.110. The lowest BCUT2D eigenvalue weighted by Gasteiger charge is -2.28. The van der Waals surface area contributed by atoms with Crippen molar-refractivity contribution in [3.8, 4) is 23.0 Å². The summed E-state index contributed by atoms with van der Waals surface area (Å²) in [5, 5.41) is 3.05. The predicted molar refractivity (Wildman–Crippen MR) is 140 cm³/mol. The van der Waals surface area contributed by atoms with Gasteiger partial charge in [0, 0.05) is 38.8 Å². The van der Waals surface area contributed by atoms with Crippen LogP contribution in [0.2, 0.25) is 0 Å². The fourth-order valence-corrected chi connectivity index (χ4v) is 4.01. The zero-order valence-corrected chi connectivity index (χ0v) is 21.5. The highest BCUT2D eigenvalue weighted by Crippen LogP contribution is 2.30. The Labute approximate surface area is 216 Å². The number of hydrogen-bond acceptors (Lipinski definition) is 5. The van der Waals surface area contributed by atoms with Gasteiger partial charge in [-0.3, -0.25) is 0 Å². The number of hydrogen-bond donors (Lipinski definition) is 2. The molecule has 1 aromatic carbocycles. The van der Waals surface area contributed by atoms with Gasteiger partial charge in [-0.15, -0.1) is 0 Å². The van der Waals surface area contributed by atoms with Gasteiger partial charge in [0.05, 0.1) is 19.3 Å². The molecule has 2 saturated heterocycles. The van der Waals surface area contributed by atoms with Gasteiger partial charge in [0.2, 0.25) is 0 Å². The molecular formula is C27H34F3N5O2. The number of rotatable bonds is 3. The molecule has 0 radical (unpaired) electrons. The lowest BCUT2D eigenvalue weighted by atomic mass is 9.99. The van der Waals surface area contributed by atoms with Crippen LogP contribution in [-0.2, 0) is 4.74 Å². The molecule has 1 aromatic heterocycles. The monoisotopic (exact) mass is 517 g/mol. The van der Waals surface area contributed by atoms with Crippen molar-refractivity contribution >= 4 is 17.5 Å². The highest BCUT2D eigenvalue weighted by molar-refractivity contribution is 5.90. The van der Waals surface area contributed by atoms with Gasteiger partial charge in [-0.25, -0.2) is 9.78 Å². The van der Waals surface area contributed by atoms with Crippen LogP contribution < -0.4 is 16.0 Å². The molecule has 0 saturated carbocycles. The van der Waals surface area contributed by atoms with E-state index >= 15 is 0 Å². The van der Waals surface area contributed by atoms with E-state index in [2.05, 4.69) is 35.0 Å². The highest BCUT2D eigenvalue weighted by Gasteiger charge is 2.19. The first-order chi connectivity index (χ1) is 17.5. The summed E-state index contributed by atoms with van der Waals surface area (Å²) in [7, 11) is 0. The van der Waals surface area contributed by atoms with E-state index in [0.29, 0.717) is 18.9 Å². The minimum Gasteiger partial charge on any atom is -0.378 e. The molecule has 2 aromatic rings. The Hall–Kier alpha value is -3.29. The summed E-state index contributed by atoms with van der Waals surface area (Å²) in [5.41, 5.74) is 10.5. The normalized spacial score (nSPS) is 16.3. The molecule has 0 spiro atoms. The molecular weight excluding hydrogens is 483 g/mol. The maximum Gasteiger partial charge on any atom is 0.386 e. The van der Waals surface area contributed by atoms with Crippen molar-refractivity contribution in [3.63, 3.8) is 0 Å². The van der Waals surface area contributed by atoms with Crippen molar-refractivity contribution in [2.24, 2.45) is 5.73 Å². The first-order valence-electron chi connectivity index (χ1n) is 12.3. The standard InChI is InChI=1S/C25H31N5O2.C2H3F3/c1-18-5-7-22(28-25(31)30-9-3-4-10-30)17-23(18)20-15-21(8-6-19(2)26)27-24(16-20)29-11-13-32-14-12-29;1-2(3,4)5/h5,7,15-17,19H,3-4,9-14,26H2,1-2H3,(H,28,31);1H3. The summed E-state index contributed by atoms with van der Waals surface area (Å²) >= 11 is 0. The van der Waals surface area contributed by atoms with E-state index in [-0.39, 0.29) is 19.0 Å². The van der Waals surface area contributed by atoms with E-state index < -0.39 is 6.18 Å². The number of carbonyl (C=O) groups is 1. The number of morpholine rings is 1. The number of carbonyl (C=O) groups excluding carboxylic acids is 1. The van der Waals surface area contributed by atoms with Crippen molar-refractivity contribution in [1.82, 2.24) is 9.88 Å². The SMILES string of the molecule is CC(F)(F)F.Cc1ccc(NC(=O)N2CCCC2)cc1-c1cc(C#CC(C)N)nc(N2CCOCC2)c1. The number of likely N-dealkylation sites (tertiary alicyclic amines) is 1. The van der Waals surface area contributed by atoms with Crippen molar-refractivity contribution < 1.29 is 22.7 Å². The van der Waals surface area contributed by atoms with Crippen LogP contribution in [0.5, 0.6) is 0 Å². The molecule has 0 bridgehead atoms. The minimum absolute atomic E-state index is 0.0375. The summed E-state index contributed by atoms with van der Waals surface area (Å²) in [4.78, 5) is 21.4. The predicted octanol–water partition coefficient (Wildman–Crippen LogP) is 4.79. The van der Waals surface area contributed by atoms with Gasteiger partial charge < -0.3 is 25.6 Å². The van der Waals surface area contributed by atoms with E-state index in [9.17, 15) is 18.0 Å². The van der Waals surface area contributed by atoms with Gasteiger partial charge in [-0.1, -0.05) is 12.0 Å². The largest absolute Gasteiger partial charge is 0.386 e. The summed E-state index contributed by atoms with van der Waals surface area (Å²) < 4.78 is 36.6. The van der Waals surface area contributed by atoms with E-state index in [4.69, 9.17) is 15.5 Å².